The van der Waals surface area contributed by atoms with Crippen LogP contribution in [0, 0.1) is 11.3 Å². The molecule has 1 fully saturated rings. The minimum atomic E-state index is -0.830. The monoisotopic (exact) mass is 519 g/mol. The summed E-state index contributed by atoms with van der Waals surface area (Å²) in [6, 6.07) is 18.1. The summed E-state index contributed by atoms with van der Waals surface area (Å²) in [6.07, 6.45) is 2.11. The van der Waals surface area contributed by atoms with Crippen molar-refractivity contribution < 1.29 is 19.1 Å². The fraction of sp³-hybridized carbons (Fsp3) is 0.111. The Labute approximate surface area is 217 Å². The number of nitrogens with zero attached hydrogens (tertiary/aromatic N) is 2. The number of halogens is 2. The van der Waals surface area contributed by atoms with E-state index in [1.807, 2.05) is 19.1 Å². The van der Waals surface area contributed by atoms with Gasteiger partial charge in [0.15, 0.2) is 5.75 Å². The number of anilines is 1. The van der Waals surface area contributed by atoms with Gasteiger partial charge in [-0.1, -0.05) is 60.5 Å². The van der Waals surface area contributed by atoms with Gasteiger partial charge >= 0.3 is 6.03 Å². The lowest BCUT2D eigenvalue weighted by Gasteiger charge is -2.26. The molecule has 0 spiro atoms. The van der Waals surface area contributed by atoms with Crippen LogP contribution in [0.25, 0.3) is 6.08 Å². The summed E-state index contributed by atoms with van der Waals surface area (Å²) in [6.45, 7) is 2.06. The van der Waals surface area contributed by atoms with Gasteiger partial charge in [0.25, 0.3) is 11.8 Å². The van der Waals surface area contributed by atoms with E-state index in [4.69, 9.17) is 27.9 Å². The molecule has 0 bridgehead atoms. The van der Waals surface area contributed by atoms with Gasteiger partial charge in [-0.15, -0.1) is 0 Å². The van der Waals surface area contributed by atoms with Gasteiger partial charge in [0.05, 0.1) is 27.4 Å². The quantitative estimate of drug-likeness (QED) is 0.334. The van der Waals surface area contributed by atoms with Gasteiger partial charge in [0, 0.05) is 5.56 Å². The summed E-state index contributed by atoms with van der Waals surface area (Å²) in [5.74, 6) is -1.40. The molecule has 1 heterocycles. The third-order valence-corrected chi connectivity index (χ3v) is 6.11. The van der Waals surface area contributed by atoms with Crippen LogP contribution in [0.1, 0.15) is 29.2 Å². The predicted octanol–water partition coefficient (Wildman–Crippen LogP) is 5.67. The minimum absolute atomic E-state index is 0.0679. The van der Waals surface area contributed by atoms with Crippen LogP contribution < -0.4 is 15.0 Å². The molecule has 0 radical (unpaired) electrons. The summed E-state index contributed by atoms with van der Waals surface area (Å²) in [4.78, 5) is 38.9. The second-order valence-corrected chi connectivity index (χ2v) is 8.66. The molecule has 180 valence electrons. The van der Waals surface area contributed by atoms with Crippen molar-refractivity contribution in [2.45, 2.75) is 20.0 Å². The van der Waals surface area contributed by atoms with Crippen molar-refractivity contribution >= 4 is 52.8 Å². The molecule has 4 amide bonds. The molecule has 9 heteroatoms. The van der Waals surface area contributed by atoms with Crippen LogP contribution in [0.4, 0.5) is 10.5 Å². The average molecular weight is 520 g/mol. The number of hydrogen-bond donors (Lipinski definition) is 1. The number of amides is 4. The summed E-state index contributed by atoms with van der Waals surface area (Å²) >= 11 is 12.8. The average Bonchev–Trinajstić information content (AvgIpc) is 2.86. The number of rotatable bonds is 6. The van der Waals surface area contributed by atoms with Gasteiger partial charge in [-0.05, 0) is 54.0 Å². The van der Waals surface area contributed by atoms with Crippen molar-refractivity contribution in [3.05, 3.63) is 98.5 Å². The van der Waals surface area contributed by atoms with E-state index in [1.165, 1.54) is 18.2 Å². The van der Waals surface area contributed by atoms with E-state index in [-0.39, 0.29) is 28.0 Å². The Morgan fingerprint density at radius 1 is 1.03 bits per heavy atom. The second kappa shape index (κ2) is 10.6. The lowest BCUT2D eigenvalue weighted by Crippen LogP contribution is -2.54. The maximum absolute atomic E-state index is 13.1. The van der Waals surface area contributed by atoms with E-state index in [1.54, 1.807) is 36.4 Å². The molecule has 7 nitrogen and oxygen atoms in total. The molecule has 1 N–H and O–H groups in total. The summed E-state index contributed by atoms with van der Waals surface area (Å²) in [5, 5.41) is 11.7. The van der Waals surface area contributed by atoms with Crippen molar-refractivity contribution in [2.24, 2.45) is 0 Å². The molecular weight excluding hydrogens is 501 g/mol. The third kappa shape index (κ3) is 5.10. The smallest absolute Gasteiger partial charge is 0.335 e. The van der Waals surface area contributed by atoms with E-state index < -0.39 is 17.8 Å². The molecule has 3 aromatic rings. The Hall–Kier alpha value is -4.12. The molecular formula is C27H19Cl2N3O4. The van der Waals surface area contributed by atoms with Crippen molar-refractivity contribution in [1.29, 1.82) is 5.26 Å². The van der Waals surface area contributed by atoms with Gasteiger partial charge < -0.3 is 4.74 Å². The standard InChI is InChI=1S/C27H19Cl2N3O4/c1-2-16-7-9-20(10-8-16)32-26(34)21(25(33)31-27(32)35)11-17-12-22(28)24(23(29)13-17)36-15-19-6-4-3-5-18(19)14-30/h3-13H,2,15H2,1H3,(H,31,33,35)/b21-11-. The van der Waals surface area contributed by atoms with Crippen LogP contribution >= 0.6 is 23.2 Å². The first kappa shape index (κ1) is 25.0. The number of ether oxygens (including phenoxy) is 1. The highest BCUT2D eigenvalue weighted by molar-refractivity contribution is 6.40. The number of aryl methyl sites for hydroxylation is 1. The fourth-order valence-corrected chi connectivity index (χ4v) is 4.26. The zero-order valence-corrected chi connectivity index (χ0v) is 20.6. The molecule has 36 heavy (non-hydrogen) atoms. The highest BCUT2D eigenvalue weighted by atomic mass is 35.5. The lowest BCUT2D eigenvalue weighted by atomic mass is 10.1. The van der Waals surface area contributed by atoms with Crippen LogP contribution in [0.15, 0.2) is 66.2 Å². The van der Waals surface area contributed by atoms with E-state index in [2.05, 4.69) is 11.4 Å². The zero-order chi connectivity index (χ0) is 25.8. The van der Waals surface area contributed by atoms with E-state index in [9.17, 15) is 19.6 Å². The normalized spacial score (nSPS) is 14.6. The number of urea groups is 1. The van der Waals surface area contributed by atoms with Gasteiger partial charge in [0.1, 0.15) is 12.2 Å². The predicted molar refractivity (Wildman–Crippen MR) is 137 cm³/mol. The van der Waals surface area contributed by atoms with E-state index >= 15 is 0 Å². The number of nitriles is 1. The SMILES string of the molecule is CCc1ccc(N2C(=O)NC(=O)/C(=C/c3cc(Cl)c(OCc4ccccc4C#N)c(Cl)c3)C2=O)cc1. The highest BCUT2D eigenvalue weighted by Gasteiger charge is 2.36. The lowest BCUT2D eigenvalue weighted by molar-refractivity contribution is -0.122. The number of imide groups is 2. The number of hydrogen-bond acceptors (Lipinski definition) is 5. The number of barbiturate groups is 1. The molecule has 1 saturated heterocycles. The number of carbonyl (C=O) groups is 3. The van der Waals surface area contributed by atoms with Gasteiger partial charge in [-0.25, -0.2) is 9.69 Å². The molecule has 3 aromatic carbocycles. The molecule has 4 rings (SSSR count). The summed E-state index contributed by atoms with van der Waals surface area (Å²) in [7, 11) is 0. The molecule has 0 aromatic heterocycles. The Bertz CT molecular complexity index is 1420. The summed E-state index contributed by atoms with van der Waals surface area (Å²) in [5.41, 5.74) is 2.63. The summed E-state index contributed by atoms with van der Waals surface area (Å²) < 4.78 is 5.76. The van der Waals surface area contributed by atoms with Gasteiger partial charge in [-0.2, -0.15) is 5.26 Å². The number of nitrogens with one attached hydrogen (secondary N) is 1. The van der Waals surface area contributed by atoms with Crippen molar-refractivity contribution in [1.82, 2.24) is 5.32 Å². The first-order chi connectivity index (χ1) is 17.3. The van der Waals surface area contributed by atoms with Crippen LogP contribution in [0.2, 0.25) is 10.0 Å². The number of benzene rings is 3. The van der Waals surface area contributed by atoms with Crippen molar-refractivity contribution in [2.75, 3.05) is 4.90 Å². The van der Waals surface area contributed by atoms with Crippen LogP contribution in [0.5, 0.6) is 5.75 Å². The van der Waals surface area contributed by atoms with Crippen LogP contribution in [0.3, 0.4) is 0 Å². The molecule has 1 aliphatic heterocycles. The van der Waals surface area contributed by atoms with E-state index in [0.717, 1.165) is 16.9 Å². The molecule has 0 saturated carbocycles. The fourth-order valence-electron chi connectivity index (χ4n) is 3.65. The maximum Gasteiger partial charge on any atom is 0.335 e. The minimum Gasteiger partial charge on any atom is -0.486 e. The number of carbonyl (C=O) groups excluding carboxylic acids is 3. The first-order valence-electron chi connectivity index (χ1n) is 10.9. The molecule has 1 aliphatic rings. The van der Waals surface area contributed by atoms with Crippen LogP contribution in [-0.2, 0) is 22.6 Å². The van der Waals surface area contributed by atoms with E-state index in [0.29, 0.717) is 22.4 Å². The molecule has 0 aliphatic carbocycles. The largest absolute Gasteiger partial charge is 0.486 e. The zero-order valence-electron chi connectivity index (χ0n) is 19.0. The highest BCUT2D eigenvalue weighted by Crippen LogP contribution is 2.36. The molecule has 0 unspecified atom stereocenters. The Balaban J connectivity index is 1.60. The third-order valence-electron chi connectivity index (χ3n) is 5.55. The van der Waals surface area contributed by atoms with Crippen molar-refractivity contribution in [3.8, 4) is 11.8 Å². The second-order valence-electron chi connectivity index (χ2n) is 7.85. The van der Waals surface area contributed by atoms with Gasteiger partial charge in [-0.3, -0.25) is 14.9 Å². The molecule has 0 atom stereocenters. The maximum atomic E-state index is 13.1. The van der Waals surface area contributed by atoms with Gasteiger partial charge in [0.2, 0.25) is 0 Å². The Morgan fingerprint density at radius 3 is 2.33 bits per heavy atom. The van der Waals surface area contributed by atoms with Crippen molar-refractivity contribution in [3.63, 3.8) is 0 Å². The topological polar surface area (TPSA) is 99.5 Å². The Morgan fingerprint density at radius 2 is 1.69 bits per heavy atom. The Kier molecular flexibility index (Phi) is 7.39. The first-order valence-corrected chi connectivity index (χ1v) is 11.7. The van der Waals surface area contributed by atoms with Crippen LogP contribution in [-0.4, -0.2) is 17.8 Å².